The number of rotatable bonds is 5. The summed E-state index contributed by atoms with van der Waals surface area (Å²) in [6.07, 6.45) is 2.27. The highest BCUT2D eigenvalue weighted by Gasteiger charge is 2.06. The Kier molecular flexibility index (Phi) is 5.23. The lowest BCUT2D eigenvalue weighted by molar-refractivity contribution is 0.645. The van der Waals surface area contributed by atoms with Crippen molar-refractivity contribution in [2.75, 3.05) is 25.5 Å². The van der Waals surface area contributed by atoms with Crippen LogP contribution in [0.1, 0.15) is 32.4 Å². The third kappa shape index (κ3) is 4.23. The van der Waals surface area contributed by atoms with E-state index in [9.17, 15) is 0 Å². The summed E-state index contributed by atoms with van der Waals surface area (Å²) in [5.41, 5.74) is 3.90. The van der Waals surface area contributed by atoms with E-state index < -0.39 is 0 Å². The van der Waals surface area contributed by atoms with Crippen molar-refractivity contribution in [3.8, 4) is 0 Å². The third-order valence-electron chi connectivity index (χ3n) is 2.69. The molecule has 0 bridgehead atoms. The van der Waals surface area contributed by atoms with Crippen LogP contribution in [0.5, 0.6) is 0 Å². The second-order valence-corrected chi connectivity index (χ2v) is 4.77. The molecular formula is C15H24N2. The molecule has 0 spiro atoms. The fourth-order valence-electron chi connectivity index (χ4n) is 1.81. The standard InChI is InChI=1S/C15H24N2/c1-6-16-15(11-12(2)3)13-7-9-14(10-8-13)17(4)5/h7-11,15-16H,6H2,1-5H3. The van der Waals surface area contributed by atoms with Crippen LogP contribution in [-0.4, -0.2) is 20.6 Å². The quantitative estimate of drug-likeness (QED) is 0.783. The highest BCUT2D eigenvalue weighted by Crippen LogP contribution is 2.19. The Labute approximate surface area is 105 Å². The van der Waals surface area contributed by atoms with E-state index in [1.807, 2.05) is 0 Å². The molecule has 0 fully saturated rings. The largest absolute Gasteiger partial charge is 0.378 e. The van der Waals surface area contributed by atoms with Crippen molar-refractivity contribution >= 4 is 5.69 Å². The number of hydrogen-bond acceptors (Lipinski definition) is 2. The van der Waals surface area contributed by atoms with Crippen LogP contribution in [0.15, 0.2) is 35.9 Å². The van der Waals surface area contributed by atoms with E-state index in [1.165, 1.54) is 16.8 Å². The van der Waals surface area contributed by atoms with Crippen LogP contribution in [0.25, 0.3) is 0 Å². The van der Waals surface area contributed by atoms with Crippen molar-refractivity contribution in [2.24, 2.45) is 0 Å². The predicted molar refractivity (Wildman–Crippen MR) is 76.6 cm³/mol. The lowest BCUT2D eigenvalue weighted by Crippen LogP contribution is -2.19. The van der Waals surface area contributed by atoms with Gasteiger partial charge < -0.3 is 10.2 Å². The minimum absolute atomic E-state index is 0.321. The second kappa shape index (κ2) is 6.45. The molecular weight excluding hydrogens is 208 g/mol. The Bertz CT molecular complexity index is 359. The summed E-state index contributed by atoms with van der Waals surface area (Å²) in [6, 6.07) is 9.04. The van der Waals surface area contributed by atoms with Gasteiger partial charge in [0.1, 0.15) is 0 Å². The van der Waals surface area contributed by atoms with Crippen molar-refractivity contribution < 1.29 is 0 Å². The molecule has 0 aromatic heterocycles. The zero-order chi connectivity index (χ0) is 12.8. The number of likely N-dealkylation sites (N-methyl/N-ethyl adjacent to an activating group) is 1. The number of nitrogens with one attached hydrogen (secondary N) is 1. The highest BCUT2D eigenvalue weighted by atomic mass is 15.1. The lowest BCUT2D eigenvalue weighted by atomic mass is 10.0. The van der Waals surface area contributed by atoms with Gasteiger partial charge in [0.25, 0.3) is 0 Å². The van der Waals surface area contributed by atoms with Gasteiger partial charge in [0, 0.05) is 19.8 Å². The number of anilines is 1. The minimum Gasteiger partial charge on any atom is -0.378 e. The molecule has 0 amide bonds. The van der Waals surface area contributed by atoms with Crippen LogP contribution in [0.4, 0.5) is 5.69 Å². The minimum atomic E-state index is 0.321. The summed E-state index contributed by atoms with van der Waals surface area (Å²) < 4.78 is 0. The van der Waals surface area contributed by atoms with Crippen LogP contribution in [0.3, 0.4) is 0 Å². The summed E-state index contributed by atoms with van der Waals surface area (Å²) in [6.45, 7) is 7.39. The van der Waals surface area contributed by atoms with Crippen molar-refractivity contribution in [3.63, 3.8) is 0 Å². The van der Waals surface area contributed by atoms with Gasteiger partial charge in [-0.15, -0.1) is 0 Å². The highest BCUT2D eigenvalue weighted by molar-refractivity contribution is 5.47. The van der Waals surface area contributed by atoms with Gasteiger partial charge in [-0.05, 0) is 38.1 Å². The smallest absolute Gasteiger partial charge is 0.0508 e. The fraction of sp³-hybridized carbons (Fsp3) is 0.467. The van der Waals surface area contributed by atoms with Gasteiger partial charge in [-0.3, -0.25) is 0 Å². The van der Waals surface area contributed by atoms with Crippen LogP contribution in [0, 0.1) is 0 Å². The monoisotopic (exact) mass is 232 g/mol. The number of benzene rings is 1. The average Bonchev–Trinajstić information content (AvgIpc) is 2.28. The Balaban J connectivity index is 2.91. The van der Waals surface area contributed by atoms with Crippen LogP contribution in [0.2, 0.25) is 0 Å². The summed E-state index contributed by atoms with van der Waals surface area (Å²) in [5, 5.41) is 3.49. The van der Waals surface area contributed by atoms with E-state index in [4.69, 9.17) is 0 Å². The average molecular weight is 232 g/mol. The SMILES string of the molecule is CCNC(C=C(C)C)c1ccc(N(C)C)cc1. The maximum atomic E-state index is 3.49. The molecule has 0 aliphatic rings. The molecule has 17 heavy (non-hydrogen) atoms. The van der Waals surface area contributed by atoms with Gasteiger partial charge in [0.2, 0.25) is 0 Å². The summed E-state index contributed by atoms with van der Waals surface area (Å²) >= 11 is 0. The van der Waals surface area contributed by atoms with E-state index in [1.54, 1.807) is 0 Å². The normalized spacial score (nSPS) is 12.1. The molecule has 1 rings (SSSR count). The van der Waals surface area contributed by atoms with E-state index in [-0.39, 0.29) is 0 Å². The molecule has 1 aromatic carbocycles. The number of hydrogen-bond donors (Lipinski definition) is 1. The predicted octanol–water partition coefficient (Wildman–Crippen LogP) is 3.37. The first kappa shape index (κ1) is 13.8. The fourth-order valence-corrected chi connectivity index (χ4v) is 1.81. The van der Waals surface area contributed by atoms with Crippen molar-refractivity contribution in [1.29, 1.82) is 0 Å². The third-order valence-corrected chi connectivity index (χ3v) is 2.69. The van der Waals surface area contributed by atoms with E-state index in [0.29, 0.717) is 6.04 Å². The van der Waals surface area contributed by atoms with Crippen LogP contribution in [-0.2, 0) is 0 Å². The van der Waals surface area contributed by atoms with Crippen LogP contribution >= 0.6 is 0 Å². The van der Waals surface area contributed by atoms with Gasteiger partial charge in [-0.25, -0.2) is 0 Å². The van der Waals surface area contributed by atoms with Crippen LogP contribution < -0.4 is 10.2 Å². The molecule has 1 N–H and O–H groups in total. The van der Waals surface area contributed by atoms with Gasteiger partial charge in [0.15, 0.2) is 0 Å². The zero-order valence-electron chi connectivity index (χ0n) is 11.6. The molecule has 0 aliphatic carbocycles. The first-order valence-corrected chi connectivity index (χ1v) is 6.20. The summed E-state index contributed by atoms with van der Waals surface area (Å²) in [4.78, 5) is 2.12. The van der Waals surface area contributed by atoms with Crippen molar-refractivity contribution in [2.45, 2.75) is 26.8 Å². The molecule has 0 aliphatic heterocycles. The first-order chi connectivity index (χ1) is 8.04. The molecule has 94 valence electrons. The first-order valence-electron chi connectivity index (χ1n) is 6.20. The molecule has 1 atom stereocenters. The second-order valence-electron chi connectivity index (χ2n) is 4.77. The lowest BCUT2D eigenvalue weighted by Gasteiger charge is -2.17. The molecule has 1 unspecified atom stereocenters. The maximum absolute atomic E-state index is 3.49. The summed E-state index contributed by atoms with van der Waals surface area (Å²) in [5.74, 6) is 0. The topological polar surface area (TPSA) is 15.3 Å². The molecule has 2 heteroatoms. The number of allylic oxidation sites excluding steroid dienone is 1. The van der Waals surface area contributed by atoms with E-state index in [0.717, 1.165) is 6.54 Å². The Morgan fingerprint density at radius 1 is 1.24 bits per heavy atom. The summed E-state index contributed by atoms with van der Waals surface area (Å²) in [7, 11) is 4.12. The van der Waals surface area contributed by atoms with Gasteiger partial charge >= 0.3 is 0 Å². The molecule has 0 radical (unpaired) electrons. The van der Waals surface area contributed by atoms with E-state index in [2.05, 4.69) is 75.4 Å². The van der Waals surface area contributed by atoms with E-state index >= 15 is 0 Å². The Morgan fingerprint density at radius 3 is 2.24 bits per heavy atom. The maximum Gasteiger partial charge on any atom is 0.0508 e. The Morgan fingerprint density at radius 2 is 1.82 bits per heavy atom. The number of nitrogens with zero attached hydrogens (tertiary/aromatic N) is 1. The Hall–Kier alpha value is -1.28. The molecule has 0 saturated carbocycles. The molecule has 2 nitrogen and oxygen atoms in total. The molecule has 0 saturated heterocycles. The molecule has 0 heterocycles. The van der Waals surface area contributed by atoms with Gasteiger partial charge in [0.05, 0.1) is 6.04 Å². The van der Waals surface area contributed by atoms with Gasteiger partial charge in [-0.1, -0.05) is 30.7 Å². The van der Waals surface area contributed by atoms with Crippen molar-refractivity contribution in [1.82, 2.24) is 5.32 Å². The van der Waals surface area contributed by atoms with Crippen molar-refractivity contribution in [3.05, 3.63) is 41.5 Å². The zero-order valence-corrected chi connectivity index (χ0v) is 11.6. The molecule has 1 aromatic rings. The van der Waals surface area contributed by atoms with Gasteiger partial charge in [-0.2, -0.15) is 0 Å².